The maximum absolute atomic E-state index is 14.4. The molecule has 75 heavy (non-hydrogen) atoms. The number of aliphatic hydroxyl groups is 1. The second kappa shape index (κ2) is 29.0. The van der Waals surface area contributed by atoms with Gasteiger partial charge in [-0.25, -0.2) is 28.7 Å². The molecule has 0 aliphatic heterocycles. The SMILES string of the molecule is CI.Cn1nccc1Nc1nccc(-c2ccn([C@H](CO)c3ccc(Cl)c(F)c3)c(=O)c2)n1.Cn1nccc1Nc1nccc(-c2ccn([C@H](CO[Si](C)(C)C(C)(C)C)c3ccc(Cl)c(F)c3)c(=O)c2)n1.[I][V]([I])[I]. The molecule has 16 nitrogen and oxygen atoms in total. The standard InChI is InChI=1S/C27H32ClFN6O2Si.C21H18ClFN6O2.CH3I.3HI.V/c1-27(2,3)38(5,6)37-17-23(19-7-8-20(28)21(29)15-19)35-14-11-18(16-25(35)36)22-9-12-30-26(32-22)33-24-10-13-31-34(24)4;1-28-19(5-8-25-28)27-21-24-7-4-17(26-21)13-6-9-29(20(31)11-13)18(12-30)14-2-3-15(22)16(23)10-14;1-2;;;;/h7-16,23H,17H2,1-6H3,(H,30,32,33);2-11,18,30H,12H2,1H3,(H,24,26,27);1H3;3*1H;/q;;;;;;+3/p-3/t23-;18-;;;;;/m11...../s1. The van der Waals surface area contributed by atoms with E-state index < -0.39 is 32.0 Å². The number of nitrogens with zero attached hydrogens (tertiary/aromatic N) is 10. The van der Waals surface area contributed by atoms with E-state index in [1.54, 1.807) is 94.6 Å². The number of rotatable bonds is 14. The minimum absolute atomic E-state index is 0.0220. The Kier molecular flexibility index (Phi) is 24.1. The molecule has 0 aliphatic carbocycles. The summed E-state index contributed by atoms with van der Waals surface area (Å²) >= 11 is 21.2. The van der Waals surface area contributed by atoms with Crippen LogP contribution in [0.1, 0.15) is 44.0 Å². The van der Waals surface area contributed by atoms with E-state index in [0.29, 0.717) is 51.4 Å². The van der Waals surface area contributed by atoms with Crippen molar-refractivity contribution >= 4 is 138 Å². The molecular weight excluding hydrogens is 1520 g/mol. The molecule has 0 saturated heterocycles. The summed E-state index contributed by atoms with van der Waals surface area (Å²) in [5.41, 5.74) is 2.74. The Morgan fingerprint density at radius 2 is 1.09 bits per heavy atom. The average Bonchev–Trinajstić information content (AvgIpc) is 3.97. The van der Waals surface area contributed by atoms with E-state index in [1.165, 1.54) is 41.0 Å². The van der Waals surface area contributed by atoms with Crippen LogP contribution in [0.5, 0.6) is 0 Å². The second-order valence-electron chi connectivity index (χ2n) is 17.6. The van der Waals surface area contributed by atoms with Gasteiger partial charge in [-0.2, -0.15) is 10.2 Å². The number of aryl methyl sites for hydroxylation is 2. The van der Waals surface area contributed by atoms with Crippen molar-refractivity contribution in [2.75, 3.05) is 28.8 Å². The average molecular weight is 1570 g/mol. The molecule has 0 amide bonds. The Morgan fingerprint density at radius 1 is 0.680 bits per heavy atom. The fraction of sp³-hybridized carbons (Fsp3) is 0.265. The molecule has 2 atom stereocenters. The van der Waals surface area contributed by atoms with Gasteiger partial charge in [0.15, 0.2) is 8.32 Å². The Bertz CT molecular complexity index is 3290. The number of benzene rings is 2. The fourth-order valence-electron chi connectivity index (χ4n) is 6.83. The van der Waals surface area contributed by atoms with Crippen molar-refractivity contribution in [3.8, 4) is 22.5 Å². The van der Waals surface area contributed by atoms with Crippen molar-refractivity contribution < 1.29 is 23.2 Å². The van der Waals surface area contributed by atoms with Crippen LogP contribution in [0.2, 0.25) is 28.2 Å². The van der Waals surface area contributed by atoms with E-state index in [0.717, 1.165) is 5.82 Å². The van der Waals surface area contributed by atoms with Gasteiger partial charge in [0.05, 0.1) is 59.1 Å². The van der Waals surface area contributed by atoms with Gasteiger partial charge in [-0.15, -0.1) is 0 Å². The Morgan fingerprint density at radius 3 is 1.45 bits per heavy atom. The summed E-state index contributed by atoms with van der Waals surface area (Å²) < 4.78 is 41.0. The minimum atomic E-state index is -2.14. The molecule has 0 fully saturated rings. The van der Waals surface area contributed by atoms with Crippen LogP contribution in [-0.4, -0.2) is 80.2 Å². The first-order chi connectivity index (χ1) is 35.5. The van der Waals surface area contributed by atoms with Gasteiger partial charge >= 0.3 is 64.9 Å². The van der Waals surface area contributed by atoms with E-state index in [1.807, 2.05) is 24.1 Å². The molecule has 0 saturated carbocycles. The number of pyridine rings is 2. The molecule has 6 heterocycles. The van der Waals surface area contributed by atoms with Crippen LogP contribution in [-0.2, 0) is 23.4 Å². The van der Waals surface area contributed by atoms with Crippen LogP contribution in [0.3, 0.4) is 0 Å². The third-order valence-corrected chi connectivity index (χ3v) is 16.9. The first kappa shape index (κ1) is 62.4. The second-order valence-corrected chi connectivity index (χ2v) is 58.6. The monoisotopic (exact) mass is 1570 g/mol. The van der Waals surface area contributed by atoms with Crippen LogP contribution in [0.4, 0.5) is 32.3 Å². The predicted octanol–water partition coefficient (Wildman–Crippen LogP) is 13.0. The van der Waals surface area contributed by atoms with Gasteiger partial charge in [-0.05, 0) is 82.7 Å². The molecule has 3 N–H and O–H groups in total. The zero-order valence-electron chi connectivity index (χ0n) is 41.7. The Labute approximate surface area is 495 Å². The van der Waals surface area contributed by atoms with Gasteiger partial charge < -0.3 is 29.3 Å². The zero-order valence-corrected chi connectivity index (χ0v) is 54.3. The van der Waals surface area contributed by atoms with Crippen molar-refractivity contribution in [1.82, 2.24) is 48.6 Å². The van der Waals surface area contributed by atoms with E-state index in [9.17, 15) is 23.5 Å². The summed E-state index contributed by atoms with van der Waals surface area (Å²) in [5.74, 6) is 1.03. The summed E-state index contributed by atoms with van der Waals surface area (Å²) in [5, 5.41) is 24.2. The molecule has 0 radical (unpaired) electrons. The van der Waals surface area contributed by atoms with E-state index in [2.05, 4.69) is 157 Å². The molecule has 0 aliphatic rings. The summed E-state index contributed by atoms with van der Waals surface area (Å²) in [6.45, 7) is 10.6. The zero-order chi connectivity index (χ0) is 55.2. The normalized spacial score (nSPS) is 12.1. The van der Waals surface area contributed by atoms with Gasteiger partial charge in [-0.3, -0.25) is 19.0 Å². The number of alkyl halides is 1. The number of nitrogens with one attached hydrogen (secondary N) is 2. The quantitative estimate of drug-likeness (QED) is 0.0532. The van der Waals surface area contributed by atoms with Crippen LogP contribution >= 0.6 is 106 Å². The van der Waals surface area contributed by atoms with Crippen LogP contribution < -0.4 is 21.8 Å². The van der Waals surface area contributed by atoms with Crippen LogP contribution in [0.25, 0.3) is 22.5 Å². The number of hydrogen-bond donors (Lipinski definition) is 3. The number of anilines is 4. The molecule has 8 rings (SSSR count). The summed E-state index contributed by atoms with van der Waals surface area (Å²) in [6.07, 6.45) is 9.76. The number of aliphatic hydroxyl groups excluding tert-OH is 1. The van der Waals surface area contributed by atoms with Crippen molar-refractivity contribution in [2.24, 2.45) is 14.1 Å². The van der Waals surface area contributed by atoms with Crippen molar-refractivity contribution in [3.63, 3.8) is 0 Å². The van der Waals surface area contributed by atoms with Gasteiger partial charge in [0.2, 0.25) is 11.9 Å². The van der Waals surface area contributed by atoms with E-state index >= 15 is 0 Å². The molecule has 26 heteroatoms. The number of hydrogen-bond acceptors (Lipinski definition) is 12. The third-order valence-electron chi connectivity index (χ3n) is 11.8. The predicted molar refractivity (Wildman–Crippen MR) is 328 cm³/mol. The molecular formula is C49H53Cl2F2I4N12O4SiV. The van der Waals surface area contributed by atoms with Gasteiger partial charge in [-0.1, -0.05) is 78.7 Å². The molecule has 0 spiro atoms. The molecule has 398 valence electrons. The molecule has 0 bridgehead atoms. The third kappa shape index (κ3) is 17.5. The van der Waals surface area contributed by atoms with E-state index in [-0.39, 0.29) is 44.3 Å². The molecule has 6 aromatic heterocycles. The van der Waals surface area contributed by atoms with Crippen molar-refractivity contribution in [3.05, 3.63) is 176 Å². The number of aromatic nitrogens is 10. The first-order valence-corrected chi connectivity index (χ1v) is 41.8. The van der Waals surface area contributed by atoms with Crippen molar-refractivity contribution in [1.29, 1.82) is 0 Å². The van der Waals surface area contributed by atoms with E-state index in [4.69, 9.17) is 27.6 Å². The fourth-order valence-corrected chi connectivity index (χ4v) is 8.07. The van der Waals surface area contributed by atoms with Gasteiger partial charge in [0.1, 0.15) is 23.3 Å². The van der Waals surface area contributed by atoms with Crippen molar-refractivity contribution in [2.45, 2.75) is 51.0 Å². The number of halogens is 8. The van der Waals surface area contributed by atoms with Gasteiger partial charge in [0.25, 0.3) is 11.1 Å². The van der Waals surface area contributed by atoms with Crippen LogP contribution in [0.15, 0.2) is 132 Å². The van der Waals surface area contributed by atoms with Crippen LogP contribution in [0, 0.1) is 11.6 Å². The molecule has 0 unspecified atom stereocenters. The van der Waals surface area contributed by atoms with Gasteiger partial charge in [0, 0.05) is 74.3 Å². The maximum atomic E-state index is 14.4. The Hall–Kier alpha value is -3.40. The topological polar surface area (TPSA) is 185 Å². The first-order valence-electron chi connectivity index (χ1n) is 22.5. The summed E-state index contributed by atoms with van der Waals surface area (Å²) in [7, 11) is 1.46. The molecule has 2 aromatic carbocycles. The Balaban J connectivity index is 0.000000255. The molecule has 8 aromatic rings. The summed E-state index contributed by atoms with van der Waals surface area (Å²) in [6, 6.07) is 20.9. The summed E-state index contributed by atoms with van der Waals surface area (Å²) in [4.78, 5) is 45.4.